The maximum absolute atomic E-state index is 13.5. The number of thiophene rings is 1. The minimum absolute atomic E-state index is 0.0485. The lowest BCUT2D eigenvalue weighted by molar-refractivity contribution is -0.128. The first-order chi connectivity index (χ1) is 11.8. The third-order valence-electron chi connectivity index (χ3n) is 4.29. The van der Waals surface area contributed by atoms with Crippen LogP contribution in [0.5, 0.6) is 0 Å². The Hall–Kier alpha value is -2.66. The molecular weight excluding hydrogens is 338 g/mol. The van der Waals surface area contributed by atoms with Crippen molar-refractivity contribution in [2.75, 3.05) is 7.05 Å². The average Bonchev–Trinajstić information content (AvgIpc) is 2.95. The highest BCUT2D eigenvalue weighted by Crippen LogP contribution is 2.37. The Morgan fingerprint density at radius 3 is 2.88 bits per heavy atom. The molecule has 0 spiro atoms. The molecule has 8 heteroatoms. The van der Waals surface area contributed by atoms with Crippen molar-refractivity contribution in [3.05, 3.63) is 39.8 Å². The molecule has 2 heterocycles. The van der Waals surface area contributed by atoms with E-state index < -0.39 is 11.4 Å². The van der Waals surface area contributed by atoms with E-state index >= 15 is 0 Å². The van der Waals surface area contributed by atoms with Gasteiger partial charge in [0.1, 0.15) is 25.3 Å². The summed E-state index contributed by atoms with van der Waals surface area (Å²) in [5.74, 6) is -0.579. The summed E-state index contributed by atoms with van der Waals surface area (Å²) in [6.45, 7) is 1.81. The molecule has 2 aromatic rings. The molecule has 2 radical (unpaired) electrons. The van der Waals surface area contributed by atoms with Crippen LogP contribution < -0.4 is 11.2 Å². The molecule has 0 unspecified atom stereocenters. The summed E-state index contributed by atoms with van der Waals surface area (Å²) in [5, 5.41) is 10.8. The van der Waals surface area contributed by atoms with Crippen LogP contribution in [0.25, 0.3) is 11.1 Å². The number of nitriles is 1. The summed E-state index contributed by atoms with van der Waals surface area (Å²) in [7, 11) is 7.88. The maximum Gasteiger partial charge on any atom is 0.231 e. The zero-order valence-electron chi connectivity index (χ0n) is 13.7. The normalized spacial score (nSPS) is 20.3. The molecule has 25 heavy (non-hydrogen) atoms. The number of rotatable bonds is 2. The standard InChI is InChI=1S/C17H14BFN4OS/c1-17(6-13(24)23(2)16(21)22-17)15-14(18)11(8-25-15)9-3-4-12(19)10(5-9)7-20/h3-5,8H,6H2,1-2H3,(H2,21,22)/t17-/m0/s1. The fourth-order valence-electron chi connectivity index (χ4n) is 2.83. The van der Waals surface area contributed by atoms with Gasteiger partial charge >= 0.3 is 0 Å². The van der Waals surface area contributed by atoms with E-state index in [4.69, 9.17) is 18.8 Å². The van der Waals surface area contributed by atoms with Gasteiger partial charge in [-0.25, -0.2) is 9.38 Å². The molecule has 2 N–H and O–H groups in total. The van der Waals surface area contributed by atoms with E-state index in [1.165, 1.54) is 28.4 Å². The first kappa shape index (κ1) is 17.2. The number of hydrogen-bond donors (Lipinski definition) is 1. The van der Waals surface area contributed by atoms with E-state index in [-0.39, 0.29) is 23.9 Å². The van der Waals surface area contributed by atoms with E-state index in [0.717, 1.165) is 4.88 Å². The van der Waals surface area contributed by atoms with Crippen LogP contribution in [0.2, 0.25) is 0 Å². The zero-order valence-corrected chi connectivity index (χ0v) is 14.5. The van der Waals surface area contributed by atoms with Gasteiger partial charge in [-0.3, -0.25) is 9.69 Å². The predicted octanol–water partition coefficient (Wildman–Crippen LogP) is 1.61. The van der Waals surface area contributed by atoms with Crippen LogP contribution in [0, 0.1) is 17.1 Å². The molecule has 0 fully saturated rings. The summed E-state index contributed by atoms with van der Waals surface area (Å²) < 4.78 is 13.5. The maximum atomic E-state index is 13.5. The van der Waals surface area contributed by atoms with Crippen LogP contribution in [-0.2, 0) is 10.3 Å². The van der Waals surface area contributed by atoms with Crippen LogP contribution >= 0.6 is 11.3 Å². The van der Waals surface area contributed by atoms with Crippen LogP contribution in [0.3, 0.4) is 0 Å². The number of halogens is 1. The van der Waals surface area contributed by atoms with Crippen molar-refractivity contribution in [3.8, 4) is 17.2 Å². The van der Waals surface area contributed by atoms with Gasteiger partial charge in [-0.1, -0.05) is 11.5 Å². The molecule has 124 valence electrons. The fourth-order valence-corrected chi connectivity index (χ4v) is 3.93. The number of amides is 1. The number of benzene rings is 1. The molecule has 3 rings (SSSR count). The van der Waals surface area contributed by atoms with Gasteiger partial charge in [0, 0.05) is 11.9 Å². The molecule has 0 saturated heterocycles. The van der Waals surface area contributed by atoms with E-state index in [9.17, 15) is 9.18 Å². The summed E-state index contributed by atoms with van der Waals surface area (Å²) in [6, 6.07) is 6.08. The van der Waals surface area contributed by atoms with Crippen LogP contribution in [0.15, 0.2) is 28.6 Å². The molecule has 0 bridgehead atoms. The minimum atomic E-state index is -0.848. The summed E-state index contributed by atoms with van der Waals surface area (Å²) in [5.41, 5.74) is 6.72. The second-order valence-corrected chi connectivity index (χ2v) is 6.95. The number of hydrogen-bond acceptors (Lipinski definition) is 5. The Bertz CT molecular complexity index is 949. The highest BCUT2D eigenvalue weighted by Gasteiger charge is 2.38. The van der Waals surface area contributed by atoms with Crippen LogP contribution in [0.1, 0.15) is 23.8 Å². The first-order valence-corrected chi connectivity index (χ1v) is 8.34. The SMILES string of the molecule is [B]c1c(-c2ccc(F)c(C#N)c2)csc1[C@]1(C)CC(=O)N(C)C(N)=N1. The lowest BCUT2D eigenvalue weighted by atomic mass is 9.81. The van der Waals surface area contributed by atoms with Gasteiger partial charge in [-0.2, -0.15) is 5.26 Å². The number of aliphatic imine (C=N–C) groups is 1. The lowest BCUT2D eigenvalue weighted by Crippen LogP contribution is -2.48. The number of nitrogens with two attached hydrogens (primary N) is 1. The van der Waals surface area contributed by atoms with Crippen molar-refractivity contribution >= 4 is 36.5 Å². The number of guanidine groups is 1. The second kappa shape index (κ2) is 6.01. The molecule has 1 aromatic heterocycles. The van der Waals surface area contributed by atoms with Gasteiger partial charge in [0.15, 0.2) is 5.96 Å². The zero-order chi connectivity index (χ0) is 18.4. The van der Waals surface area contributed by atoms with Gasteiger partial charge in [0.05, 0.1) is 12.0 Å². The van der Waals surface area contributed by atoms with Crippen molar-refractivity contribution in [1.82, 2.24) is 4.90 Å². The van der Waals surface area contributed by atoms with Crippen LogP contribution in [0.4, 0.5) is 4.39 Å². The van der Waals surface area contributed by atoms with E-state index in [2.05, 4.69) is 4.99 Å². The molecular formula is C17H14BFN4OS. The Labute approximate surface area is 150 Å². The highest BCUT2D eigenvalue weighted by molar-refractivity contribution is 7.11. The number of nitrogens with zero attached hydrogens (tertiary/aromatic N) is 3. The quantitative estimate of drug-likeness (QED) is 0.834. The minimum Gasteiger partial charge on any atom is -0.369 e. The molecule has 1 aliphatic heterocycles. The monoisotopic (exact) mass is 352 g/mol. The fraction of sp³-hybridized carbons (Fsp3) is 0.235. The van der Waals surface area contributed by atoms with Gasteiger partial charge in [0.25, 0.3) is 0 Å². The Kier molecular flexibility index (Phi) is 4.13. The third-order valence-corrected chi connectivity index (χ3v) is 5.54. The molecule has 0 aliphatic carbocycles. The topological polar surface area (TPSA) is 82.5 Å². The van der Waals surface area contributed by atoms with Crippen molar-refractivity contribution in [3.63, 3.8) is 0 Å². The van der Waals surface area contributed by atoms with E-state index in [0.29, 0.717) is 16.6 Å². The van der Waals surface area contributed by atoms with Gasteiger partial charge < -0.3 is 5.73 Å². The summed E-state index contributed by atoms with van der Waals surface area (Å²) in [6.07, 6.45) is 0.154. The average molecular weight is 352 g/mol. The van der Waals surface area contributed by atoms with Crippen LogP contribution in [-0.4, -0.2) is 31.7 Å². The first-order valence-electron chi connectivity index (χ1n) is 7.46. The second-order valence-electron chi connectivity index (χ2n) is 6.07. The Morgan fingerprint density at radius 1 is 1.52 bits per heavy atom. The smallest absolute Gasteiger partial charge is 0.231 e. The van der Waals surface area contributed by atoms with Gasteiger partial charge in [-0.15, -0.1) is 11.3 Å². The Balaban J connectivity index is 2.08. The molecule has 1 amide bonds. The molecule has 1 aromatic carbocycles. The predicted molar refractivity (Wildman–Crippen MR) is 96.2 cm³/mol. The molecule has 1 atom stereocenters. The third kappa shape index (κ3) is 2.81. The van der Waals surface area contributed by atoms with E-state index in [1.807, 2.05) is 18.4 Å². The lowest BCUT2D eigenvalue weighted by Gasteiger charge is -2.33. The van der Waals surface area contributed by atoms with Crippen molar-refractivity contribution in [1.29, 1.82) is 5.26 Å². The summed E-state index contributed by atoms with van der Waals surface area (Å²) >= 11 is 1.36. The highest BCUT2D eigenvalue weighted by atomic mass is 32.1. The van der Waals surface area contributed by atoms with Crippen molar-refractivity contribution < 1.29 is 9.18 Å². The number of carbonyl (C=O) groups excluding carboxylic acids is 1. The van der Waals surface area contributed by atoms with Gasteiger partial charge in [-0.05, 0) is 35.6 Å². The summed E-state index contributed by atoms with van der Waals surface area (Å²) in [4.78, 5) is 18.6. The Morgan fingerprint density at radius 2 is 2.24 bits per heavy atom. The largest absolute Gasteiger partial charge is 0.369 e. The van der Waals surface area contributed by atoms with Crippen molar-refractivity contribution in [2.24, 2.45) is 10.7 Å². The molecule has 0 saturated carbocycles. The molecule has 1 aliphatic rings. The van der Waals surface area contributed by atoms with E-state index in [1.54, 1.807) is 13.1 Å². The molecule has 5 nitrogen and oxygen atoms in total. The number of carbonyl (C=O) groups is 1. The van der Waals surface area contributed by atoms with Gasteiger partial charge in [0.2, 0.25) is 5.91 Å². The van der Waals surface area contributed by atoms with Crippen molar-refractivity contribution in [2.45, 2.75) is 18.9 Å².